The van der Waals surface area contributed by atoms with Gasteiger partial charge in [0.25, 0.3) is 0 Å². The highest BCUT2D eigenvalue weighted by Crippen LogP contribution is 2.35. The smallest absolute Gasteiger partial charge is 0.200 e. The number of Topliss-reactive ketones (excluding diaryl/α,β-unsaturated/α-hetero) is 1. The second-order valence-electron chi connectivity index (χ2n) is 6.39. The average molecular weight is 349 g/mol. The summed E-state index contributed by atoms with van der Waals surface area (Å²) in [5.41, 5.74) is 4.94. The zero-order chi connectivity index (χ0) is 18.1. The first-order valence-electron chi connectivity index (χ1n) is 8.72. The predicted octanol–water partition coefficient (Wildman–Crippen LogP) is 4.68. The van der Waals surface area contributed by atoms with Crippen LogP contribution in [0.1, 0.15) is 47.9 Å². The molecule has 132 valence electrons. The number of aromatic nitrogens is 1. The standard InChI is InChI=1S/C20H19N3O3/c1-2-3-17(24)20-19(15-8-9-21-11-18(15)26-20)22-13-5-6-14-12(10-13)4-7-16(14)23-25/h5-6,8-11,22,25H,2-4,7H2,1H3/b23-16+. The van der Waals surface area contributed by atoms with Gasteiger partial charge in [-0.25, -0.2) is 0 Å². The molecule has 3 aromatic rings. The van der Waals surface area contributed by atoms with Crippen molar-refractivity contribution in [2.24, 2.45) is 5.16 Å². The van der Waals surface area contributed by atoms with Gasteiger partial charge in [-0.3, -0.25) is 9.78 Å². The molecule has 1 aliphatic rings. The summed E-state index contributed by atoms with van der Waals surface area (Å²) in [6, 6.07) is 7.73. The number of furan rings is 1. The van der Waals surface area contributed by atoms with Crippen LogP contribution in [0.5, 0.6) is 0 Å². The van der Waals surface area contributed by atoms with Gasteiger partial charge in [0.2, 0.25) is 0 Å². The summed E-state index contributed by atoms with van der Waals surface area (Å²) in [4.78, 5) is 16.6. The zero-order valence-electron chi connectivity index (χ0n) is 14.5. The molecule has 0 bridgehead atoms. The fourth-order valence-electron chi connectivity index (χ4n) is 3.41. The van der Waals surface area contributed by atoms with Crippen LogP contribution in [0.25, 0.3) is 11.0 Å². The second-order valence-corrected chi connectivity index (χ2v) is 6.39. The van der Waals surface area contributed by atoms with Crippen LogP contribution in [0, 0.1) is 0 Å². The number of pyridine rings is 1. The lowest BCUT2D eigenvalue weighted by Crippen LogP contribution is -2.02. The number of fused-ring (bicyclic) bond motifs is 2. The zero-order valence-corrected chi connectivity index (χ0v) is 14.5. The Morgan fingerprint density at radius 3 is 3.04 bits per heavy atom. The summed E-state index contributed by atoms with van der Waals surface area (Å²) in [5.74, 6) is 0.315. The van der Waals surface area contributed by atoms with Crippen molar-refractivity contribution in [3.05, 3.63) is 53.5 Å². The molecule has 0 saturated carbocycles. The average Bonchev–Trinajstić information content (AvgIpc) is 3.23. The molecule has 2 aromatic heterocycles. The van der Waals surface area contributed by atoms with Crippen molar-refractivity contribution in [2.75, 3.05) is 5.32 Å². The van der Waals surface area contributed by atoms with E-state index in [2.05, 4.69) is 15.5 Å². The van der Waals surface area contributed by atoms with Gasteiger partial charge in [0, 0.05) is 29.3 Å². The van der Waals surface area contributed by atoms with E-state index in [0.717, 1.165) is 41.5 Å². The van der Waals surface area contributed by atoms with Crippen LogP contribution >= 0.6 is 0 Å². The highest BCUT2D eigenvalue weighted by molar-refractivity contribution is 6.08. The maximum Gasteiger partial charge on any atom is 0.200 e. The molecule has 0 spiro atoms. The lowest BCUT2D eigenvalue weighted by molar-refractivity contribution is 0.0958. The first-order chi connectivity index (χ1) is 12.7. The summed E-state index contributed by atoms with van der Waals surface area (Å²) in [6.07, 6.45) is 6.07. The number of hydrogen-bond donors (Lipinski definition) is 2. The molecule has 6 heteroatoms. The molecule has 1 aliphatic carbocycles. The number of nitrogens with one attached hydrogen (secondary N) is 1. The summed E-state index contributed by atoms with van der Waals surface area (Å²) in [7, 11) is 0. The number of hydrogen-bond acceptors (Lipinski definition) is 6. The van der Waals surface area contributed by atoms with Crippen molar-refractivity contribution in [3.8, 4) is 0 Å². The molecule has 0 radical (unpaired) electrons. The van der Waals surface area contributed by atoms with Crippen LogP contribution in [0.15, 0.2) is 46.2 Å². The number of rotatable bonds is 5. The fraction of sp³-hybridized carbons (Fsp3) is 0.250. The normalized spacial score (nSPS) is 14.7. The maximum absolute atomic E-state index is 12.5. The summed E-state index contributed by atoms with van der Waals surface area (Å²) in [6.45, 7) is 1.97. The minimum atomic E-state index is -0.0259. The molecule has 6 nitrogen and oxygen atoms in total. The van der Waals surface area contributed by atoms with E-state index in [9.17, 15) is 4.79 Å². The number of benzene rings is 1. The number of oxime groups is 1. The molecule has 0 amide bonds. The Balaban J connectivity index is 1.75. The van der Waals surface area contributed by atoms with Gasteiger partial charge in [-0.2, -0.15) is 0 Å². The Labute approximate surface area is 150 Å². The van der Waals surface area contributed by atoms with Crippen molar-refractivity contribution in [3.63, 3.8) is 0 Å². The topological polar surface area (TPSA) is 87.7 Å². The molecule has 26 heavy (non-hydrogen) atoms. The quantitative estimate of drug-likeness (QED) is 0.397. The number of aryl methyl sites for hydroxylation is 1. The highest BCUT2D eigenvalue weighted by Gasteiger charge is 2.22. The van der Waals surface area contributed by atoms with E-state index in [4.69, 9.17) is 9.62 Å². The number of ketones is 1. The molecule has 0 atom stereocenters. The van der Waals surface area contributed by atoms with Crippen molar-refractivity contribution in [2.45, 2.75) is 32.6 Å². The van der Waals surface area contributed by atoms with Crippen molar-refractivity contribution in [1.82, 2.24) is 4.98 Å². The monoisotopic (exact) mass is 349 g/mol. The van der Waals surface area contributed by atoms with E-state index < -0.39 is 0 Å². The van der Waals surface area contributed by atoms with Gasteiger partial charge in [-0.05, 0) is 43.0 Å². The molecule has 2 N–H and O–H groups in total. The Bertz CT molecular complexity index is 1020. The summed E-state index contributed by atoms with van der Waals surface area (Å²) >= 11 is 0. The van der Waals surface area contributed by atoms with E-state index >= 15 is 0 Å². The molecule has 0 fully saturated rings. The molecule has 1 aromatic carbocycles. The van der Waals surface area contributed by atoms with Crippen LogP contribution in [0.2, 0.25) is 0 Å². The molecule has 0 saturated heterocycles. The Morgan fingerprint density at radius 1 is 1.35 bits per heavy atom. The van der Waals surface area contributed by atoms with Crippen molar-refractivity contribution in [1.29, 1.82) is 0 Å². The van der Waals surface area contributed by atoms with Gasteiger partial charge >= 0.3 is 0 Å². The maximum atomic E-state index is 12.5. The van der Waals surface area contributed by atoms with Gasteiger partial charge in [0.15, 0.2) is 17.1 Å². The van der Waals surface area contributed by atoms with Crippen LogP contribution in [-0.4, -0.2) is 21.7 Å². The molecule has 4 rings (SSSR count). The minimum Gasteiger partial charge on any atom is -0.449 e. The van der Waals surface area contributed by atoms with E-state index in [-0.39, 0.29) is 5.78 Å². The molecule has 0 aliphatic heterocycles. The SMILES string of the molecule is CCCC(=O)c1oc2cnccc2c1Nc1ccc2c(c1)CC/C2=N\O. The lowest BCUT2D eigenvalue weighted by Gasteiger charge is -2.09. The molecule has 0 unspecified atom stereocenters. The minimum absolute atomic E-state index is 0.0259. The van der Waals surface area contributed by atoms with E-state index in [1.165, 1.54) is 0 Å². The summed E-state index contributed by atoms with van der Waals surface area (Å²) in [5, 5.41) is 16.6. The van der Waals surface area contributed by atoms with Crippen LogP contribution in [0.4, 0.5) is 11.4 Å². The van der Waals surface area contributed by atoms with Crippen LogP contribution in [0.3, 0.4) is 0 Å². The fourth-order valence-corrected chi connectivity index (χ4v) is 3.41. The van der Waals surface area contributed by atoms with E-state index in [1.807, 2.05) is 31.2 Å². The Kier molecular flexibility index (Phi) is 4.16. The van der Waals surface area contributed by atoms with Gasteiger partial charge in [0.05, 0.1) is 17.6 Å². The van der Waals surface area contributed by atoms with Gasteiger partial charge in [0.1, 0.15) is 0 Å². The lowest BCUT2D eigenvalue weighted by atomic mass is 10.1. The van der Waals surface area contributed by atoms with E-state index in [1.54, 1.807) is 12.4 Å². The van der Waals surface area contributed by atoms with E-state index in [0.29, 0.717) is 29.2 Å². The third-order valence-corrected chi connectivity index (χ3v) is 4.66. The van der Waals surface area contributed by atoms with Crippen LogP contribution < -0.4 is 5.32 Å². The number of nitrogens with zero attached hydrogens (tertiary/aromatic N) is 2. The number of carbonyl (C=O) groups excluding carboxylic acids is 1. The van der Waals surface area contributed by atoms with Crippen LogP contribution in [-0.2, 0) is 6.42 Å². The Hall–Kier alpha value is -3.15. The third-order valence-electron chi connectivity index (χ3n) is 4.66. The van der Waals surface area contributed by atoms with Gasteiger partial charge in [-0.15, -0.1) is 0 Å². The predicted molar refractivity (Wildman–Crippen MR) is 99.6 cm³/mol. The third kappa shape index (κ3) is 2.73. The first-order valence-corrected chi connectivity index (χ1v) is 8.72. The molecule has 2 heterocycles. The van der Waals surface area contributed by atoms with Gasteiger partial charge in [-0.1, -0.05) is 18.1 Å². The van der Waals surface area contributed by atoms with Gasteiger partial charge < -0.3 is 14.9 Å². The van der Waals surface area contributed by atoms with Crippen molar-refractivity contribution < 1.29 is 14.4 Å². The molecular weight excluding hydrogens is 330 g/mol. The van der Waals surface area contributed by atoms with Crippen molar-refractivity contribution >= 4 is 33.8 Å². The summed E-state index contributed by atoms with van der Waals surface area (Å²) < 4.78 is 5.79. The highest BCUT2D eigenvalue weighted by atomic mass is 16.4. The second kappa shape index (κ2) is 6.63. The Morgan fingerprint density at radius 2 is 2.23 bits per heavy atom. The largest absolute Gasteiger partial charge is 0.449 e. The molecular formula is C20H19N3O3. The first kappa shape index (κ1) is 16.3. The number of anilines is 2. The number of carbonyl (C=O) groups is 1.